The average molecular weight is 253 g/mol. The van der Waals surface area contributed by atoms with Crippen molar-refractivity contribution in [1.82, 2.24) is 0 Å². The van der Waals surface area contributed by atoms with Crippen LogP contribution in [0.2, 0.25) is 5.02 Å². The number of hydrogen-bond acceptors (Lipinski definition) is 0. The Hall–Kier alpha value is -0.460. The molecule has 1 spiro atoms. The molecule has 0 nitrogen and oxygen atoms in total. The van der Waals surface area contributed by atoms with Gasteiger partial charge in [-0.05, 0) is 60.8 Å². The van der Waals surface area contributed by atoms with Gasteiger partial charge in [-0.25, -0.2) is 0 Å². The number of rotatable bonds is 1. The van der Waals surface area contributed by atoms with Crippen LogP contribution in [0.3, 0.4) is 0 Å². The minimum Gasteiger partial charge on any atom is -0.0888 e. The average Bonchev–Trinajstić information content (AvgIpc) is 3.04. The van der Waals surface area contributed by atoms with E-state index < -0.39 is 0 Å². The molecule has 0 aromatic heterocycles. The molecular weight excluding hydrogens is 239 g/mol. The van der Waals surface area contributed by atoms with E-state index in [0.717, 1.165) is 22.9 Å². The SMILES string of the molecule is ClC1=C(c2ccc(Cl)cc2)CC2(CC1)CC2. The van der Waals surface area contributed by atoms with Gasteiger partial charge in [-0.3, -0.25) is 0 Å². The van der Waals surface area contributed by atoms with Crippen LogP contribution in [-0.4, -0.2) is 0 Å². The zero-order valence-corrected chi connectivity index (χ0v) is 10.6. The highest BCUT2D eigenvalue weighted by molar-refractivity contribution is 6.33. The van der Waals surface area contributed by atoms with Crippen LogP contribution in [0.1, 0.15) is 37.7 Å². The highest BCUT2D eigenvalue weighted by atomic mass is 35.5. The minimum absolute atomic E-state index is 0.605. The first kappa shape index (κ1) is 10.7. The topological polar surface area (TPSA) is 0 Å². The van der Waals surface area contributed by atoms with Gasteiger partial charge < -0.3 is 0 Å². The molecule has 0 unspecified atom stereocenters. The Morgan fingerprint density at radius 3 is 2.25 bits per heavy atom. The maximum Gasteiger partial charge on any atom is 0.0406 e. The van der Waals surface area contributed by atoms with Crippen molar-refractivity contribution >= 4 is 28.8 Å². The van der Waals surface area contributed by atoms with E-state index in [9.17, 15) is 0 Å². The monoisotopic (exact) mass is 252 g/mol. The van der Waals surface area contributed by atoms with Gasteiger partial charge in [0.05, 0.1) is 0 Å². The Balaban J connectivity index is 1.95. The van der Waals surface area contributed by atoms with Crippen LogP contribution in [0.15, 0.2) is 29.3 Å². The number of halogens is 2. The van der Waals surface area contributed by atoms with E-state index in [1.54, 1.807) is 0 Å². The summed E-state index contributed by atoms with van der Waals surface area (Å²) in [4.78, 5) is 0. The number of hydrogen-bond donors (Lipinski definition) is 0. The molecule has 84 valence electrons. The maximum absolute atomic E-state index is 6.36. The summed E-state index contributed by atoms with van der Waals surface area (Å²) in [5.74, 6) is 0. The molecule has 0 radical (unpaired) electrons. The van der Waals surface area contributed by atoms with Gasteiger partial charge in [0.25, 0.3) is 0 Å². The van der Waals surface area contributed by atoms with Gasteiger partial charge >= 0.3 is 0 Å². The molecule has 0 atom stereocenters. The Morgan fingerprint density at radius 1 is 0.938 bits per heavy atom. The van der Waals surface area contributed by atoms with E-state index in [2.05, 4.69) is 12.1 Å². The van der Waals surface area contributed by atoms with Crippen molar-refractivity contribution in [3.8, 4) is 0 Å². The van der Waals surface area contributed by atoms with Crippen molar-refractivity contribution < 1.29 is 0 Å². The van der Waals surface area contributed by atoms with Crippen molar-refractivity contribution in [1.29, 1.82) is 0 Å². The Kier molecular flexibility index (Phi) is 2.53. The van der Waals surface area contributed by atoms with Gasteiger partial charge in [-0.15, -0.1) is 0 Å². The van der Waals surface area contributed by atoms with Crippen LogP contribution < -0.4 is 0 Å². The van der Waals surface area contributed by atoms with Crippen molar-refractivity contribution in [3.05, 3.63) is 39.9 Å². The van der Waals surface area contributed by atoms with E-state index in [4.69, 9.17) is 23.2 Å². The molecule has 1 aromatic rings. The van der Waals surface area contributed by atoms with E-state index >= 15 is 0 Å². The van der Waals surface area contributed by atoms with Crippen LogP contribution in [0.25, 0.3) is 5.57 Å². The standard InChI is InChI=1S/C14H14Cl2/c15-11-3-1-10(2-4-11)12-9-14(7-8-14)6-5-13(12)16/h1-4H,5-9H2. The molecule has 2 aliphatic carbocycles. The molecule has 2 aliphatic rings. The minimum atomic E-state index is 0.605. The summed E-state index contributed by atoms with van der Waals surface area (Å²) in [6.45, 7) is 0. The molecule has 0 heterocycles. The molecule has 0 saturated heterocycles. The normalized spacial score (nSPS) is 22.6. The van der Waals surface area contributed by atoms with Crippen LogP contribution in [-0.2, 0) is 0 Å². The molecule has 3 rings (SSSR count). The molecule has 16 heavy (non-hydrogen) atoms. The molecule has 1 saturated carbocycles. The van der Waals surface area contributed by atoms with Crippen molar-refractivity contribution in [2.45, 2.75) is 32.1 Å². The fourth-order valence-electron chi connectivity index (χ4n) is 2.60. The molecule has 1 fully saturated rings. The maximum atomic E-state index is 6.36. The molecule has 0 amide bonds. The third kappa shape index (κ3) is 1.89. The molecular formula is C14H14Cl2. The lowest BCUT2D eigenvalue weighted by molar-refractivity contribution is 0.466. The number of allylic oxidation sites excluding steroid dienone is 2. The quantitative estimate of drug-likeness (QED) is 0.640. The fourth-order valence-corrected chi connectivity index (χ4v) is 2.99. The van der Waals surface area contributed by atoms with Gasteiger partial charge in [-0.2, -0.15) is 0 Å². The Bertz CT molecular complexity index is 438. The van der Waals surface area contributed by atoms with Crippen LogP contribution in [0, 0.1) is 5.41 Å². The Labute approximate surface area is 106 Å². The van der Waals surface area contributed by atoms with E-state index in [1.165, 1.54) is 30.4 Å². The van der Waals surface area contributed by atoms with Gasteiger partial charge in [0.15, 0.2) is 0 Å². The molecule has 1 aromatic carbocycles. The lowest BCUT2D eigenvalue weighted by Crippen LogP contribution is -2.08. The predicted octanol–water partition coefficient (Wildman–Crippen LogP) is 5.25. The van der Waals surface area contributed by atoms with Crippen LogP contribution >= 0.6 is 23.2 Å². The van der Waals surface area contributed by atoms with Gasteiger partial charge in [0, 0.05) is 10.1 Å². The summed E-state index contributed by atoms with van der Waals surface area (Å²) in [6, 6.07) is 8.06. The molecule has 0 aliphatic heterocycles. The summed E-state index contributed by atoms with van der Waals surface area (Å²) in [5.41, 5.74) is 3.20. The summed E-state index contributed by atoms with van der Waals surface area (Å²) in [7, 11) is 0. The zero-order valence-electron chi connectivity index (χ0n) is 9.10. The van der Waals surface area contributed by atoms with Crippen LogP contribution in [0.5, 0.6) is 0 Å². The van der Waals surface area contributed by atoms with Gasteiger partial charge in [0.2, 0.25) is 0 Å². The third-order valence-electron chi connectivity index (χ3n) is 3.90. The second kappa shape index (κ2) is 3.78. The first-order valence-electron chi connectivity index (χ1n) is 5.82. The predicted molar refractivity (Wildman–Crippen MR) is 69.7 cm³/mol. The Morgan fingerprint density at radius 2 is 1.62 bits per heavy atom. The molecule has 2 heteroatoms. The van der Waals surface area contributed by atoms with Crippen molar-refractivity contribution in [2.24, 2.45) is 5.41 Å². The first-order chi connectivity index (χ1) is 7.69. The summed E-state index contributed by atoms with van der Waals surface area (Å²) >= 11 is 12.3. The number of benzene rings is 1. The summed E-state index contributed by atoms with van der Waals surface area (Å²) in [6.07, 6.45) is 6.26. The first-order valence-corrected chi connectivity index (χ1v) is 6.58. The summed E-state index contributed by atoms with van der Waals surface area (Å²) < 4.78 is 0. The lowest BCUT2D eigenvalue weighted by atomic mass is 9.83. The van der Waals surface area contributed by atoms with Gasteiger partial charge in [0.1, 0.15) is 0 Å². The second-order valence-electron chi connectivity index (χ2n) is 5.07. The molecule has 0 N–H and O–H groups in total. The largest absolute Gasteiger partial charge is 0.0888 e. The van der Waals surface area contributed by atoms with E-state index in [-0.39, 0.29) is 0 Å². The highest BCUT2D eigenvalue weighted by Crippen LogP contribution is 2.59. The van der Waals surface area contributed by atoms with Gasteiger partial charge in [-0.1, -0.05) is 35.3 Å². The fraction of sp³-hybridized carbons (Fsp3) is 0.429. The second-order valence-corrected chi connectivity index (χ2v) is 5.96. The highest BCUT2D eigenvalue weighted by Gasteiger charge is 2.45. The smallest absolute Gasteiger partial charge is 0.0406 e. The lowest BCUT2D eigenvalue weighted by Gasteiger charge is -2.24. The summed E-state index contributed by atoms with van der Waals surface area (Å²) in [5, 5.41) is 1.84. The van der Waals surface area contributed by atoms with Crippen LogP contribution in [0.4, 0.5) is 0 Å². The van der Waals surface area contributed by atoms with E-state index in [1.807, 2.05) is 12.1 Å². The molecule has 0 bridgehead atoms. The zero-order chi connectivity index (χ0) is 11.2. The van der Waals surface area contributed by atoms with Crippen molar-refractivity contribution in [2.75, 3.05) is 0 Å². The van der Waals surface area contributed by atoms with E-state index in [0.29, 0.717) is 5.41 Å². The van der Waals surface area contributed by atoms with Crippen molar-refractivity contribution in [3.63, 3.8) is 0 Å². The third-order valence-corrected chi connectivity index (χ3v) is 4.57.